The first-order valence-corrected chi connectivity index (χ1v) is 10.6. The second-order valence-corrected chi connectivity index (χ2v) is 7.49. The van der Waals surface area contributed by atoms with Crippen molar-refractivity contribution in [2.24, 2.45) is 0 Å². The lowest BCUT2D eigenvalue weighted by Gasteiger charge is -2.12. The highest BCUT2D eigenvalue weighted by atomic mass is 35.5. The van der Waals surface area contributed by atoms with Crippen LogP contribution in [0.1, 0.15) is 22.8 Å². The standard InChI is InChI=1S/C25H18Cl2N2O4/c1-2-32-23-13-16(8-11-22(23)33-25(31)17-6-4-3-5-7-17)12-18(15-28)24(30)29-21-14-19(26)9-10-20(21)27/h3-14H,2H2,1H3,(H,29,30)/b18-12+. The van der Waals surface area contributed by atoms with Crippen LogP contribution in [0.5, 0.6) is 11.5 Å². The van der Waals surface area contributed by atoms with Gasteiger partial charge in [0, 0.05) is 5.02 Å². The van der Waals surface area contributed by atoms with Crippen LogP contribution in [0.2, 0.25) is 10.0 Å². The molecule has 8 heteroatoms. The van der Waals surface area contributed by atoms with Crippen molar-refractivity contribution < 1.29 is 19.1 Å². The van der Waals surface area contributed by atoms with Crippen LogP contribution in [-0.4, -0.2) is 18.5 Å². The second kappa shape index (κ2) is 11.2. The van der Waals surface area contributed by atoms with E-state index in [1.807, 2.05) is 6.07 Å². The largest absolute Gasteiger partial charge is 0.490 e. The lowest BCUT2D eigenvalue weighted by atomic mass is 10.1. The van der Waals surface area contributed by atoms with Crippen molar-refractivity contribution in [3.8, 4) is 17.6 Å². The number of anilines is 1. The molecule has 0 saturated carbocycles. The van der Waals surface area contributed by atoms with Crippen molar-refractivity contribution in [1.82, 2.24) is 0 Å². The molecule has 0 aromatic heterocycles. The van der Waals surface area contributed by atoms with Crippen LogP contribution in [0.3, 0.4) is 0 Å². The predicted octanol–water partition coefficient (Wildman–Crippen LogP) is 6.16. The van der Waals surface area contributed by atoms with Crippen molar-refractivity contribution in [3.63, 3.8) is 0 Å². The van der Waals surface area contributed by atoms with E-state index in [4.69, 9.17) is 32.7 Å². The number of halogens is 2. The minimum atomic E-state index is -0.654. The van der Waals surface area contributed by atoms with Gasteiger partial charge in [0.05, 0.1) is 22.9 Å². The summed E-state index contributed by atoms with van der Waals surface area (Å²) in [5, 5.41) is 12.7. The molecule has 0 fully saturated rings. The molecule has 0 radical (unpaired) electrons. The molecule has 1 amide bonds. The highest BCUT2D eigenvalue weighted by molar-refractivity contribution is 6.36. The number of amides is 1. The zero-order chi connectivity index (χ0) is 23.8. The van der Waals surface area contributed by atoms with Crippen LogP contribution in [0.15, 0.2) is 72.3 Å². The molecule has 1 N–H and O–H groups in total. The fourth-order valence-corrected chi connectivity index (χ4v) is 3.14. The number of hydrogen-bond acceptors (Lipinski definition) is 5. The van der Waals surface area contributed by atoms with Crippen LogP contribution in [0.25, 0.3) is 6.08 Å². The minimum absolute atomic E-state index is 0.164. The molecule has 0 aliphatic carbocycles. The number of rotatable bonds is 7. The van der Waals surface area contributed by atoms with E-state index >= 15 is 0 Å². The van der Waals surface area contributed by atoms with E-state index in [-0.39, 0.29) is 22.0 Å². The highest BCUT2D eigenvalue weighted by Crippen LogP contribution is 2.31. The number of carbonyl (C=O) groups excluding carboxylic acids is 2. The van der Waals surface area contributed by atoms with Crippen molar-refractivity contribution in [3.05, 3.63) is 93.5 Å². The first-order valence-electron chi connectivity index (χ1n) is 9.83. The third kappa shape index (κ3) is 6.36. The smallest absolute Gasteiger partial charge is 0.343 e. The summed E-state index contributed by atoms with van der Waals surface area (Å²) >= 11 is 12.0. The molecule has 3 rings (SSSR count). The maximum absolute atomic E-state index is 12.6. The zero-order valence-electron chi connectivity index (χ0n) is 17.5. The van der Waals surface area contributed by atoms with Crippen molar-refractivity contribution in [2.45, 2.75) is 6.92 Å². The molecule has 0 unspecified atom stereocenters. The molecular formula is C25H18Cl2N2O4. The van der Waals surface area contributed by atoms with Gasteiger partial charge in [-0.1, -0.05) is 47.5 Å². The predicted molar refractivity (Wildman–Crippen MR) is 128 cm³/mol. The summed E-state index contributed by atoms with van der Waals surface area (Å²) in [5.41, 5.74) is 1.02. The summed E-state index contributed by atoms with van der Waals surface area (Å²) in [5.74, 6) is -0.669. The molecule has 0 bridgehead atoms. The summed E-state index contributed by atoms with van der Waals surface area (Å²) in [6, 6.07) is 19.8. The van der Waals surface area contributed by atoms with Gasteiger partial charge in [-0.3, -0.25) is 4.79 Å². The van der Waals surface area contributed by atoms with E-state index in [0.717, 1.165) is 0 Å². The quantitative estimate of drug-likeness (QED) is 0.189. The molecule has 0 aliphatic rings. The van der Waals surface area contributed by atoms with Crippen molar-refractivity contribution in [1.29, 1.82) is 5.26 Å². The van der Waals surface area contributed by atoms with Gasteiger partial charge in [0.1, 0.15) is 11.6 Å². The van der Waals surface area contributed by atoms with E-state index in [0.29, 0.717) is 28.5 Å². The van der Waals surface area contributed by atoms with E-state index in [1.54, 1.807) is 67.6 Å². The van der Waals surface area contributed by atoms with Gasteiger partial charge in [0.15, 0.2) is 11.5 Å². The molecule has 33 heavy (non-hydrogen) atoms. The first kappa shape index (κ1) is 23.9. The van der Waals surface area contributed by atoms with Gasteiger partial charge in [-0.25, -0.2) is 4.79 Å². The molecule has 0 atom stereocenters. The van der Waals surface area contributed by atoms with Gasteiger partial charge in [-0.05, 0) is 61.0 Å². The Morgan fingerprint density at radius 1 is 1.03 bits per heavy atom. The number of nitrogens with one attached hydrogen (secondary N) is 1. The van der Waals surface area contributed by atoms with E-state index < -0.39 is 11.9 Å². The van der Waals surface area contributed by atoms with E-state index in [1.165, 1.54) is 12.1 Å². The van der Waals surface area contributed by atoms with Crippen LogP contribution < -0.4 is 14.8 Å². The molecule has 0 spiro atoms. The Kier molecular flexibility index (Phi) is 8.09. The topological polar surface area (TPSA) is 88.4 Å². The van der Waals surface area contributed by atoms with Crippen LogP contribution in [-0.2, 0) is 4.79 Å². The van der Waals surface area contributed by atoms with Gasteiger partial charge in [0.25, 0.3) is 5.91 Å². The molecule has 0 heterocycles. The molecule has 3 aromatic rings. The zero-order valence-corrected chi connectivity index (χ0v) is 19.0. The van der Waals surface area contributed by atoms with Crippen molar-refractivity contribution >= 4 is 46.8 Å². The summed E-state index contributed by atoms with van der Waals surface area (Å²) < 4.78 is 11.1. The van der Waals surface area contributed by atoms with Gasteiger partial charge in [-0.2, -0.15) is 5.26 Å². The van der Waals surface area contributed by atoms with E-state index in [2.05, 4.69) is 5.32 Å². The number of carbonyl (C=O) groups is 2. The number of esters is 1. The minimum Gasteiger partial charge on any atom is -0.490 e. The van der Waals surface area contributed by atoms with E-state index in [9.17, 15) is 14.9 Å². The fraction of sp³-hybridized carbons (Fsp3) is 0.0800. The van der Waals surface area contributed by atoms with Gasteiger partial charge in [0.2, 0.25) is 0 Å². The molecule has 0 saturated heterocycles. The Morgan fingerprint density at radius 3 is 2.48 bits per heavy atom. The Balaban J connectivity index is 1.84. The average molecular weight is 481 g/mol. The maximum Gasteiger partial charge on any atom is 0.343 e. The molecule has 166 valence electrons. The molecule has 6 nitrogen and oxygen atoms in total. The monoisotopic (exact) mass is 480 g/mol. The summed E-state index contributed by atoms with van der Waals surface area (Å²) in [7, 11) is 0. The first-order chi connectivity index (χ1) is 15.9. The van der Waals surface area contributed by atoms with Crippen LogP contribution in [0.4, 0.5) is 5.69 Å². The molecule has 0 aliphatic heterocycles. The van der Waals surface area contributed by atoms with Crippen LogP contribution in [0, 0.1) is 11.3 Å². The highest BCUT2D eigenvalue weighted by Gasteiger charge is 2.15. The number of benzene rings is 3. The Bertz CT molecular complexity index is 1250. The SMILES string of the molecule is CCOc1cc(/C=C(\C#N)C(=O)Nc2cc(Cl)ccc2Cl)ccc1OC(=O)c1ccccc1. The Labute approximate surface area is 201 Å². The van der Waals surface area contributed by atoms with Gasteiger partial charge in [-0.15, -0.1) is 0 Å². The number of nitriles is 1. The maximum atomic E-state index is 12.6. The lowest BCUT2D eigenvalue weighted by molar-refractivity contribution is -0.112. The normalized spacial score (nSPS) is 10.8. The van der Waals surface area contributed by atoms with Gasteiger partial charge < -0.3 is 14.8 Å². The number of ether oxygens (including phenoxy) is 2. The number of hydrogen-bond donors (Lipinski definition) is 1. The third-order valence-corrected chi connectivity index (χ3v) is 4.90. The fourth-order valence-electron chi connectivity index (χ4n) is 2.80. The van der Waals surface area contributed by atoms with Crippen LogP contribution >= 0.6 is 23.2 Å². The summed E-state index contributed by atoms with van der Waals surface area (Å²) in [6.07, 6.45) is 1.39. The third-order valence-electron chi connectivity index (χ3n) is 4.33. The molecular weight excluding hydrogens is 463 g/mol. The number of nitrogens with zero attached hydrogens (tertiary/aromatic N) is 1. The van der Waals surface area contributed by atoms with Gasteiger partial charge >= 0.3 is 5.97 Å². The average Bonchev–Trinajstić information content (AvgIpc) is 2.82. The Hall–Kier alpha value is -3.79. The molecule has 3 aromatic carbocycles. The lowest BCUT2D eigenvalue weighted by Crippen LogP contribution is -2.13. The summed E-state index contributed by atoms with van der Waals surface area (Å²) in [4.78, 5) is 25.0. The van der Waals surface area contributed by atoms with Crippen molar-refractivity contribution in [2.75, 3.05) is 11.9 Å². The Morgan fingerprint density at radius 2 is 1.79 bits per heavy atom. The summed E-state index contributed by atoms with van der Waals surface area (Å²) in [6.45, 7) is 2.11. The second-order valence-electron chi connectivity index (χ2n) is 6.64.